The standard InChI is InChI=1S/C20H22N4/c1-2-6-16(7-3-1)9-10-17-8-4-5-15-24(17)19-12-11-18-20(23-19)22-14-13-21-18/h1-3,6-7,11-14,17H,4-5,8-10,15H2. The lowest BCUT2D eigenvalue weighted by molar-refractivity contribution is 0.435. The Morgan fingerprint density at radius 3 is 2.75 bits per heavy atom. The van der Waals surface area contributed by atoms with E-state index in [0.29, 0.717) is 6.04 Å². The van der Waals surface area contributed by atoms with E-state index in [4.69, 9.17) is 4.98 Å². The summed E-state index contributed by atoms with van der Waals surface area (Å²) in [6.45, 7) is 1.08. The highest BCUT2D eigenvalue weighted by atomic mass is 15.2. The number of anilines is 1. The van der Waals surface area contributed by atoms with Gasteiger partial charge in [0, 0.05) is 25.0 Å². The van der Waals surface area contributed by atoms with Gasteiger partial charge in [0.2, 0.25) is 0 Å². The summed E-state index contributed by atoms with van der Waals surface area (Å²) in [5, 5.41) is 0. The van der Waals surface area contributed by atoms with Gasteiger partial charge in [0.25, 0.3) is 0 Å². The number of fused-ring (bicyclic) bond motifs is 1. The summed E-state index contributed by atoms with van der Waals surface area (Å²) in [6, 6.07) is 15.4. The maximum atomic E-state index is 4.76. The molecule has 1 saturated heterocycles. The van der Waals surface area contributed by atoms with Gasteiger partial charge in [-0.3, -0.25) is 4.98 Å². The second-order valence-corrected chi connectivity index (χ2v) is 6.44. The normalized spacial score (nSPS) is 18.0. The Morgan fingerprint density at radius 1 is 0.958 bits per heavy atom. The molecule has 0 saturated carbocycles. The summed E-state index contributed by atoms with van der Waals surface area (Å²) >= 11 is 0. The van der Waals surface area contributed by atoms with Crippen molar-refractivity contribution in [3.05, 3.63) is 60.4 Å². The lowest BCUT2D eigenvalue weighted by Crippen LogP contribution is -2.40. The molecular formula is C20H22N4. The van der Waals surface area contributed by atoms with Gasteiger partial charge in [-0.1, -0.05) is 30.3 Å². The second kappa shape index (κ2) is 6.95. The van der Waals surface area contributed by atoms with E-state index in [1.165, 1.54) is 31.2 Å². The molecule has 1 atom stereocenters. The summed E-state index contributed by atoms with van der Waals surface area (Å²) in [4.78, 5) is 15.9. The Kier molecular flexibility index (Phi) is 4.36. The monoisotopic (exact) mass is 318 g/mol. The van der Waals surface area contributed by atoms with E-state index in [2.05, 4.69) is 51.3 Å². The van der Waals surface area contributed by atoms with Gasteiger partial charge in [-0.05, 0) is 49.8 Å². The third-order valence-corrected chi connectivity index (χ3v) is 4.85. The van der Waals surface area contributed by atoms with Gasteiger partial charge < -0.3 is 4.90 Å². The average Bonchev–Trinajstić information content (AvgIpc) is 2.67. The second-order valence-electron chi connectivity index (χ2n) is 6.44. The van der Waals surface area contributed by atoms with E-state index in [0.717, 1.165) is 29.9 Å². The molecule has 122 valence electrons. The molecule has 1 aromatic carbocycles. The molecule has 0 spiro atoms. The van der Waals surface area contributed by atoms with Crippen LogP contribution in [0.4, 0.5) is 5.82 Å². The van der Waals surface area contributed by atoms with Crippen molar-refractivity contribution in [1.29, 1.82) is 0 Å². The Hall–Kier alpha value is -2.49. The molecule has 4 nitrogen and oxygen atoms in total. The molecular weight excluding hydrogens is 296 g/mol. The lowest BCUT2D eigenvalue weighted by Gasteiger charge is -2.37. The number of hydrogen-bond donors (Lipinski definition) is 0. The van der Waals surface area contributed by atoms with Crippen molar-refractivity contribution in [3.63, 3.8) is 0 Å². The Bertz CT molecular complexity index is 803. The van der Waals surface area contributed by atoms with Gasteiger partial charge in [0.05, 0.1) is 0 Å². The predicted octanol–water partition coefficient (Wildman–Crippen LogP) is 4.02. The van der Waals surface area contributed by atoms with Crippen LogP contribution in [0.15, 0.2) is 54.9 Å². The summed E-state index contributed by atoms with van der Waals surface area (Å²) < 4.78 is 0. The van der Waals surface area contributed by atoms with Crippen LogP contribution in [-0.2, 0) is 6.42 Å². The van der Waals surface area contributed by atoms with Crippen LogP contribution in [0.3, 0.4) is 0 Å². The van der Waals surface area contributed by atoms with Gasteiger partial charge in [-0.2, -0.15) is 0 Å². The SMILES string of the molecule is c1ccc(CCC2CCCCN2c2ccc3nccnc3n2)cc1. The topological polar surface area (TPSA) is 41.9 Å². The van der Waals surface area contributed by atoms with Gasteiger partial charge in [-0.15, -0.1) is 0 Å². The number of pyridine rings is 1. The first-order chi connectivity index (χ1) is 11.9. The Labute approximate surface area is 142 Å². The van der Waals surface area contributed by atoms with Gasteiger partial charge in [0.1, 0.15) is 11.3 Å². The molecule has 0 N–H and O–H groups in total. The quantitative estimate of drug-likeness (QED) is 0.729. The molecule has 2 aromatic heterocycles. The highest BCUT2D eigenvalue weighted by Gasteiger charge is 2.23. The zero-order valence-electron chi connectivity index (χ0n) is 13.8. The summed E-state index contributed by atoms with van der Waals surface area (Å²) in [7, 11) is 0. The minimum atomic E-state index is 0.556. The first kappa shape index (κ1) is 15.1. The fraction of sp³-hybridized carbons (Fsp3) is 0.350. The van der Waals surface area contributed by atoms with Crippen LogP contribution < -0.4 is 4.90 Å². The van der Waals surface area contributed by atoms with Crippen LogP contribution in [-0.4, -0.2) is 27.5 Å². The molecule has 1 unspecified atom stereocenters. The zero-order chi connectivity index (χ0) is 16.2. The largest absolute Gasteiger partial charge is 0.354 e. The lowest BCUT2D eigenvalue weighted by atomic mass is 9.96. The number of aryl methyl sites for hydroxylation is 1. The van der Waals surface area contributed by atoms with E-state index in [9.17, 15) is 0 Å². The fourth-order valence-corrected chi connectivity index (χ4v) is 3.58. The first-order valence-corrected chi connectivity index (χ1v) is 8.78. The van der Waals surface area contributed by atoms with Gasteiger partial charge >= 0.3 is 0 Å². The van der Waals surface area contributed by atoms with Crippen LogP contribution in [0.5, 0.6) is 0 Å². The molecule has 1 fully saturated rings. The van der Waals surface area contributed by atoms with Crippen molar-refractivity contribution >= 4 is 17.0 Å². The van der Waals surface area contributed by atoms with Gasteiger partial charge in [-0.25, -0.2) is 9.97 Å². The first-order valence-electron chi connectivity index (χ1n) is 8.78. The number of rotatable bonds is 4. The van der Waals surface area contributed by atoms with E-state index in [1.54, 1.807) is 12.4 Å². The van der Waals surface area contributed by atoms with Crippen molar-refractivity contribution in [2.24, 2.45) is 0 Å². The van der Waals surface area contributed by atoms with E-state index in [1.807, 2.05) is 6.07 Å². The van der Waals surface area contributed by atoms with E-state index >= 15 is 0 Å². The molecule has 3 aromatic rings. The highest BCUT2D eigenvalue weighted by molar-refractivity contribution is 5.71. The van der Waals surface area contributed by atoms with Crippen molar-refractivity contribution in [2.45, 2.75) is 38.1 Å². The smallest absolute Gasteiger partial charge is 0.180 e. The number of piperidine rings is 1. The average molecular weight is 318 g/mol. The van der Waals surface area contributed by atoms with Crippen molar-refractivity contribution < 1.29 is 0 Å². The van der Waals surface area contributed by atoms with Crippen molar-refractivity contribution in [2.75, 3.05) is 11.4 Å². The Balaban J connectivity index is 1.54. The molecule has 4 rings (SSSR count). The maximum absolute atomic E-state index is 4.76. The van der Waals surface area contributed by atoms with Crippen molar-refractivity contribution in [3.8, 4) is 0 Å². The number of nitrogens with zero attached hydrogens (tertiary/aromatic N) is 4. The molecule has 0 aliphatic carbocycles. The maximum Gasteiger partial charge on any atom is 0.180 e. The van der Waals surface area contributed by atoms with Crippen LogP contribution in [0.25, 0.3) is 11.2 Å². The van der Waals surface area contributed by atoms with Crippen LogP contribution in [0, 0.1) is 0 Å². The number of aromatic nitrogens is 3. The predicted molar refractivity (Wildman–Crippen MR) is 97.1 cm³/mol. The van der Waals surface area contributed by atoms with Crippen molar-refractivity contribution in [1.82, 2.24) is 15.0 Å². The van der Waals surface area contributed by atoms with Gasteiger partial charge in [0.15, 0.2) is 5.65 Å². The Morgan fingerprint density at radius 2 is 1.83 bits per heavy atom. The zero-order valence-corrected chi connectivity index (χ0v) is 13.8. The van der Waals surface area contributed by atoms with Crippen LogP contribution in [0.1, 0.15) is 31.2 Å². The fourth-order valence-electron chi connectivity index (χ4n) is 3.58. The summed E-state index contributed by atoms with van der Waals surface area (Å²) in [6.07, 6.45) is 9.51. The van der Waals surface area contributed by atoms with E-state index < -0.39 is 0 Å². The molecule has 0 amide bonds. The third-order valence-electron chi connectivity index (χ3n) is 4.85. The molecule has 3 heterocycles. The molecule has 1 aliphatic heterocycles. The molecule has 0 bridgehead atoms. The van der Waals surface area contributed by atoms with Crippen LogP contribution >= 0.6 is 0 Å². The molecule has 4 heteroatoms. The molecule has 0 radical (unpaired) electrons. The molecule has 1 aliphatic rings. The van der Waals surface area contributed by atoms with Crippen LogP contribution in [0.2, 0.25) is 0 Å². The number of benzene rings is 1. The minimum Gasteiger partial charge on any atom is -0.354 e. The summed E-state index contributed by atoms with van der Waals surface area (Å²) in [5.74, 6) is 1.04. The molecule has 24 heavy (non-hydrogen) atoms. The highest BCUT2D eigenvalue weighted by Crippen LogP contribution is 2.27. The third kappa shape index (κ3) is 3.23. The van der Waals surface area contributed by atoms with E-state index in [-0.39, 0.29) is 0 Å². The number of hydrogen-bond acceptors (Lipinski definition) is 4. The minimum absolute atomic E-state index is 0.556. The summed E-state index contributed by atoms with van der Waals surface area (Å²) in [5.41, 5.74) is 3.02.